The van der Waals surface area contributed by atoms with Crippen LogP contribution < -0.4 is 14.8 Å². The smallest absolute Gasteiger partial charge is 0.224 e. The van der Waals surface area contributed by atoms with Crippen molar-refractivity contribution >= 4 is 16.9 Å². The van der Waals surface area contributed by atoms with Gasteiger partial charge in [0.15, 0.2) is 0 Å². The highest BCUT2D eigenvalue weighted by Crippen LogP contribution is 2.22. The zero-order valence-electron chi connectivity index (χ0n) is 14.4. The van der Waals surface area contributed by atoms with Crippen molar-refractivity contribution in [3.05, 3.63) is 59.9 Å². The Morgan fingerprint density at radius 2 is 1.88 bits per heavy atom. The van der Waals surface area contributed by atoms with E-state index < -0.39 is 0 Å². The fourth-order valence-corrected chi connectivity index (χ4v) is 2.59. The van der Waals surface area contributed by atoms with Crippen LogP contribution in [0.15, 0.2) is 53.1 Å². The molecule has 0 radical (unpaired) electrons. The van der Waals surface area contributed by atoms with Crippen LogP contribution in [-0.4, -0.2) is 26.2 Å². The van der Waals surface area contributed by atoms with Gasteiger partial charge in [-0.3, -0.25) is 4.79 Å². The van der Waals surface area contributed by atoms with Gasteiger partial charge in [-0.05, 0) is 42.8 Å². The maximum atomic E-state index is 12.1. The first-order chi connectivity index (χ1) is 12.2. The molecule has 1 heterocycles. The molecule has 25 heavy (non-hydrogen) atoms. The fraction of sp³-hybridized carbons (Fsp3) is 0.250. The summed E-state index contributed by atoms with van der Waals surface area (Å²) in [6.45, 7) is 2.86. The van der Waals surface area contributed by atoms with Gasteiger partial charge in [0.2, 0.25) is 5.91 Å². The van der Waals surface area contributed by atoms with Crippen LogP contribution in [0.3, 0.4) is 0 Å². The van der Waals surface area contributed by atoms with Gasteiger partial charge < -0.3 is 19.2 Å². The average molecular weight is 339 g/mol. The highest BCUT2D eigenvalue weighted by Gasteiger charge is 2.10. The van der Waals surface area contributed by atoms with Gasteiger partial charge in [0.1, 0.15) is 23.7 Å². The molecule has 0 spiro atoms. The summed E-state index contributed by atoms with van der Waals surface area (Å²) in [5.74, 6) is 1.47. The van der Waals surface area contributed by atoms with E-state index in [0.717, 1.165) is 33.6 Å². The van der Waals surface area contributed by atoms with Crippen LogP contribution >= 0.6 is 0 Å². The van der Waals surface area contributed by atoms with Crippen LogP contribution in [0.1, 0.15) is 11.1 Å². The van der Waals surface area contributed by atoms with Crippen LogP contribution in [0.2, 0.25) is 0 Å². The van der Waals surface area contributed by atoms with Gasteiger partial charge in [-0.1, -0.05) is 12.1 Å². The number of amides is 1. The second kappa shape index (κ2) is 7.75. The monoisotopic (exact) mass is 339 g/mol. The van der Waals surface area contributed by atoms with Crippen molar-refractivity contribution in [2.45, 2.75) is 13.3 Å². The Labute approximate surface area is 146 Å². The first-order valence-corrected chi connectivity index (χ1v) is 8.16. The standard InChI is InChI=1S/C20H21NO4/c1-14-3-8-18-15(13-25-19(18)11-14)12-20(22)21-9-10-24-17-6-4-16(23-2)5-7-17/h3-8,11,13H,9-10,12H2,1-2H3,(H,21,22). The summed E-state index contributed by atoms with van der Waals surface area (Å²) in [6.07, 6.45) is 1.94. The van der Waals surface area contributed by atoms with Crippen molar-refractivity contribution in [3.63, 3.8) is 0 Å². The van der Waals surface area contributed by atoms with Crippen LogP contribution in [0.4, 0.5) is 0 Å². The summed E-state index contributed by atoms with van der Waals surface area (Å²) in [7, 11) is 1.62. The molecule has 0 aliphatic rings. The van der Waals surface area contributed by atoms with Gasteiger partial charge in [0.05, 0.1) is 26.3 Å². The largest absolute Gasteiger partial charge is 0.497 e. The van der Waals surface area contributed by atoms with Crippen LogP contribution in [0, 0.1) is 6.92 Å². The quantitative estimate of drug-likeness (QED) is 0.670. The molecular formula is C20H21NO4. The molecule has 2 aromatic carbocycles. The fourth-order valence-electron chi connectivity index (χ4n) is 2.59. The molecule has 1 N–H and O–H groups in total. The minimum Gasteiger partial charge on any atom is -0.497 e. The molecule has 0 unspecified atom stereocenters. The van der Waals surface area contributed by atoms with Crippen LogP contribution in [0.25, 0.3) is 11.0 Å². The van der Waals surface area contributed by atoms with Gasteiger partial charge in [0, 0.05) is 10.9 Å². The highest BCUT2D eigenvalue weighted by molar-refractivity contribution is 5.87. The van der Waals surface area contributed by atoms with Gasteiger partial charge >= 0.3 is 0 Å². The van der Waals surface area contributed by atoms with Gasteiger partial charge in [-0.25, -0.2) is 0 Å². The Hall–Kier alpha value is -2.95. The number of rotatable bonds is 7. The summed E-state index contributed by atoms with van der Waals surface area (Å²) in [5, 5.41) is 3.84. The maximum absolute atomic E-state index is 12.1. The third kappa shape index (κ3) is 4.32. The van der Waals surface area contributed by atoms with Crippen molar-refractivity contribution in [2.24, 2.45) is 0 Å². The number of furan rings is 1. The van der Waals surface area contributed by atoms with Crippen molar-refractivity contribution in [1.82, 2.24) is 5.32 Å². The number of methoxy groups -OCH3 is 1. The number of fused-ring (bicyclic) bond motifs is 1. The normalized spacial score (nSPS) is 10.6. The third-order valence-corrected chi connectivity index (χ3v) is 3.91. The average Bonchev–Trinajstić information content (AvgIpc) is 3.01. The van der Waals surface area contributed by atoms with Gasteiger partial charge in [-0.15, -0.1) is 0 Å². The molecule has 5 heteroatoms. The van der Waals surface area contributed by atoms with E-state index in [1.54, 1.807) is 13.4 Å². The highest BCUT2D eigenvalue weighted by atomic mass is 16.5. The van der Waals surface area contributed by atoms with E-state index >= 15 is 0 Å². The van der Waals surface area contributed by atoms with Crippen molar-refractivity contribution in [1.29, 1.82) is 0 Å². The molecule has 0 saturated carbocycles. The summed E-state index contributed by atoms with van der Waals surface area (Å²) in [5.41, 5.74) is 2.84. The number of hydrogen-bond acceptors (Lipinski definition) is 4. The lowest BCUT2D eigenvalue weighted by atomic mass is 10.1. The molecule has 0 saturated heterocycles. The lowest BCUT2D eigenvalue weighted by Crippen LogP contribution is -2.29. The number of ether oxygens (including phenoxy) is 2. The molecule has 3 aromatic rings. The Kier molecular flexibility index (Phi) is 5.23. The molecule has 3 rings (SSSR count). The molecule has 0 atom stereocenters. The zero-order chi connectivity index (χ0) is 17.6. The molecule has 130 valence electrons. The van der Waals surface area contributed by atoms with Crippen LogP contribution in [0.5, 0.6) is 11.5 Å². The number of hydrogen-bond donors (Lipinski definition) is 1. The molecule has 0 aliphatic heterocycles. The lowest BCUT2D eigenvalue weighted by molar-refractivity contribution is -0.120. The first kappa shape index (κ1) is 16.9. The third-order valence-electron chi connectivity index (χ3n) is 3.91. The van der Waals surface area contributed by atoms with E-state index in [1.165, 1.54) is 0 Å². The number of nitrogens with one attached hydrogen (secondary N) is 1. The summed E-state index contributed by atoms with van der Waals surface area (Å²) >= 11 is 0. The van der Waals surface area contributed by atoms with E-state index in [9.17, 15) is 4.79 Å². The minimum absolute atomic E-state index is 0.0541. The summed E-state index contributed by atoms with van der Waals surface area (Å²) in [4.78, 5) is 12.1. The molecule has 0 aliphatic carbocycles. The molecular weight excluding hydrogens is 318 g/mol. The summed E-state index contributed by atoms with van der Waals surface area (Å²) < 4.78 is 16.2. The Morgan fingerprint density at radius 3 is 2.64 bits per heavy atom. The second-order valence-electron chi connectivity index (χ2n) is 5.81. The van der Waals surface area contributed by atoms with Crippen molar-refractivity contribution < 1.29 is 18.7 Å². The maximum Gasteiger partial charge on any atom is 0.224 e. The van der Waals surface area contributed by atoms with Crippen molar-refractivity contribution in [3.8, 4) is 11.5 Å². The lowest BCUT2D eigenvalue weighted by Gasteiger charge is -2.08. The van der Waals surface area contributed by atoms with Gasteiger partial charge in [0.25, 0.3) is 0 Å². The zero-order valence-corrected chi connectivity index (χ0v) is 14.4. The summed E-state index contributed by atoms with van der Waals surface area (Å²) in [6, 6.07) is 13.3. The molecule has 0 bridgehead atoms. The number of carbonyl (C=O) groups excluding carboxylic acids is 1. The molecule has 1 amide bonds. The van der Waals surface area contributed by atoms with Crippen LogP contribution in [-0.2, 0) is 11.2 Å². The topological polar surface area (TPSA) is 60.7 Å². The SMILES string of the molecule is COc1ccc(OCCNC(=O)Cc2coc3cc(C)ccc23)cc1. The molecule has 1 aromatic heterocycles. The van der Waals surface area contributed by atoms with E-state index in [2.05, 4.69) is 5.32 Å². The first-order valence-electron chi connectivity index (χ1n) is 8.16. The Balaban J connectivity index is 1.46. The Morgan fingerprint density at radius 1 is 1.12 bits per heavy atom. The van der Waals surface area contributed by atoms with Gasteiger partial charge in [-0.2, -0.15) is 0 Å². The number of aryl methyl sites for hydroxylation is 1. The van der Waals surface area contributed by atoms with E-state index in [1.807, 2.05) is 49.4 Å². The Bertz CT molecular complexity index is 852. The van der Waals surface area contributed by atoms with E-state index in [0.29, 0.717) is 19.6 Å². The van der Waals surface area contributed by atoms with E-state index in [-0.39, 0.29) is 5.91 Å². The predicted octanol–water partition coefficient (Wildman–Crippen LogP) is 3.49. The number of carbonyl (C=O) groups is 1. The minimum atomic E-state index is -0.0541. The predicted molar refractivity (Wildman–Crippen MR) is 96.2 cm³/mol. The molecule has 5 nitrogen and oxygen atoms in total. The number of benzene rings is 2. The molecule has 0 fully saturated rings. The second-order valence-corrected chi connectivity index (χ2v) is 5.81. The van der Waals surface area contributed by atoms with Crippen molar-refractivity contribution in [2.75, 3.05) is 20.3 Å². The van der Waals surface area contributed by atoms with E-state index in [4.69, 9.17) is 13.9 Å².